The van der Waals surface area contributed by atoms with Gasteiger partial charge in [0.2, 0.25) is 11.2 Å². The van der Waals surface area contributed by atoms with Crippen LogP contribution < -0.4 is 10.2 Å². The lowest BCUT2D eigenvalue weighted by molar-refractivity contribution is 0.301. The summed E-state index contributed by atoms with van der Waals surface area (Å²) in [6, 6.07) is 9.52. The van der Waals surface area contributed by atoms with E-state index >= 15 is 0 Å². The highest BCUT2D eigenvalue weighted by Crippen LogP contribution is 2.35. The maximum absolute atomic E-state index is 13.1. The molecule has 2 aromatic carbocycles. The first-order chi connectivity index (χ1) is 13.1. The van der Waals surface area contributed by atoms with Crippen LogP contribution in [0.15, 0.2) is 45.6 Å². The number of hydrogen-bond donors (Lipinski definition) is 2. The third-order valence-electron chi connectivity index (χ3n) is 4.47. The van der Waals surface area contributed by atoms with Gasteiger partial charge >= 0.3 is 0 Å². The molecule has 27 heavy (non-hydrogen) atoms. The molecule has 142 valence electrons. The van der Waals surface area contributed by atoms with Crippen LogP contribution in [0, 0.1) is 0 Å². The molecule has 0 spiro atoms. The Morgan fingerprint density at radius 3 is 2.41 bits per heavy atom. The van der Waals surface area contributed by atoms with E-state index in [0.717, 1.165) is 19.3 Å². The number of ether oxygens (including phenoxy) is 1. The zero-order chi connectivity index (χ0) is 19.4. The van der Waals surface area contributed by atoms with Gasteiger partial charge in [-0.25, -0.2) is 0 Å². The molecule has 0 fully saturated rings. The molecular formula is C22H24O5. The molecule has 0 aliphatic heterocycles. The third kappa shape index (κ3) is 3.77. The lowest BCUT2D eigenvalue weighted by atomic mass is 10.0. The van der Waals surface area contributed by atoms with Gasteiger partial charge in [-0.05, 0) is 49.2 Å². The summed E-state index contributed by atoms with van der Waals surface area (Å²) in [5.41, 5.74) is 1.37. The van der Waals surface area contributed by atoms with Crippen LogP contribution in [0.4, 0.5) is 0 Å². The first kappa shape index (κ1) is 18.8. The fourth-order valence-electron chi connectivity index (χ4n) is 3.03. The lowest BCUT2D eigenvalue weighted by Gasteiger charge is -2.14. The molecule has 0 saturated carbocycles. The summed E-state index contributed by atoms with van der Waals surface area (Å²) in [4.78, 5) is 13.1. The third-order valence-corrected chi connectivity index (χ3v) is 4.47. The number of rotatable bonds is 7. The van der Waals surface area contributed by atoms with Crippen molar-refractivity contribution in [3.63, 3.8) is 0 Å². The van der Waals surface area contributed by atoms with E-state index in [1.807, 2.05) is 13.8 Å². The molecule has 0 bridgehead atoms. The van der Waals surface area contributed by atoms with Crippen LogP contribution in [-0.4, -0.2) is 16.8 Å². The predicted molar refractivity (Wildman–Crippen MR) is 106 cm³/mol. The fourth-order valence-corrected chi connectivity index (χ4v) is 3.03. The summed E-state index contributed by atoms with van der Waals surface area (Å²) in [5.74, 6) is 0.713. The predicted octanol–water partition coefficient (Wildman–Crippen LogP) is 5.00. The van der Waals surface area contributed by atoms with E-state index in [2.05, 4.69) is 0 Å². The molecule has 0 saturated heterocycles. The smallest absolute Gasteiger partial charge is 0.235 e. The number of aryl methyl sites for hydroxylation is 1. The van der Waals surface area contributed by atoms with E-state index in [4.69, 9.17) is 9.15 Å². The van der Waals surface area contributed by atoms with Crippen LogP contribution in [0.5, 0.6) is 17.2 Å². The van der Waals surface area contributed by atoms with Crippen LogP contribution in [0.1, 0.15) is 38.7 Å². The van der Waals surface area contributed by atoms with Crippen molar-refractivity contribution in [2.24, 2.45) is 0 Å². The Labute approximate surface area is 157 Å². The van der Waals surface area contributed by atoms with Crippen LogP contribution in [0.3, 0.4) is 0 Å². The molecule has 2 N–H and O–H groups in total. The van der Waals surface area contributed by atoms with Crippen molar-refractivity contribution in [2.75, 3.05) is 6.61 Å². The fraction of sp³-hybridized carbons (Fsp3) is 0.318. The standard InChI is InChI=1S/C22H24O5/c1-3-5-13-26-22-19(25)17-11-12-18(24)16(6-4-2)21(17)27-20(22)14-7-9-15(23)10-8-14/h7-12,23-24H,3-6,13H2,1-2H3. The monoisotopic (exact) mass is 368 g/mol. The zero-order valence-electron chi connectivity index (χ0n) is 15.6. The molecule has 0 amide bonds. The number of unbranched alkanes of at least 4 members (excludes halogenated alkanes) is 1. The summed E-state index contributed by atoms with van der Waals surface area (Å²) >= 11 is 0. The summed E-state index contributed by atoms with van der Waals surface area (Å²) in [6.07, 6.45) is 3.17. The average molecular weight is 368 g/mol. The van der Waals surface area contributed by atoms with Crippen molar-refractivity contribution in [1.82, 2.24) is 0 Å². The number of aromatic hydroxyl groups is 2. The molecule has 5 heteroatoms. The van der Waals surface area contributed by atoms with E-state index in [9.17, 15) is 15.0 Å². The Morgan fingerprint density at radius 2 is 1.74 bits per heavy atom. The van der Waals surface area contributed by atoms with Gasteiger partial charge in [0.05, 0.1) is 12.0 Å². The van der Waals surface area contributed by atoms with Gasteiger partial charge in [-0.3, -0.25) is 4.79 Å². The maximum Gasteiger partial charge on any atom is 0.235 e. The molecule has 0 radical (unpaired) electrons. The van der Waals surface area contributed by atoms with E-state index in [0.29, 0.717) is 40.9 Å². The maximum atomic E-state index is 13.1. The van der Waals surface area contributed by atoms with Crippen LogP contribution in [-0.2, 0) is 6.42 Å². The highest BCUT2D eigenvalue weighted by molar-refractivity contribution is 5.86. The Kier molecular flexibility index (Phi) is 5.69. The molecule has 3 rings (SSSR count). The van der Waals surface area contributed by atoms with Gasteiger partial charge < -0.3 is 19.4 Å². The average Bonchev–Trinajstić information content (AvgIpc) is 2.66. The van der Waals surface area contributed by atoms with Gasteiger partial charge in [0, 0.05) is 11.1 Å². The molecule has 1 aromatic heterocycles. The van der Waals surface area contributed by atoms with Crippen LogP contribution in [0.25, 0.3) is 22.3 Å². The Morgan fingerprint density at radius 1 is 1.00 bits per heavy atom. The molecule has 3 aromatic rings. The first-order valence-electron chi connectivity index (χ1n) is 9.30. The van der Waals surface area contributed by atoms with Gasteiger partial charge in [0.1, 0.15) is 17.1 Å². The largest absolute Gasteiger partial charge is 0.508 e. The van der Waals surface area contributed by atoms with Gasteiger partial charge in [-0.1, -0.05) is 26.7 Å². The Bertz CT molecular complexity index is 986. The first-order valence-corrected chi connectivity index (χ1v) is 9.30. The van der Waals surface area contributed by atoms with E-state index in [1.54, 1.807) is 18.2 Å². The lowest BCUT2D eigenvalue weighted by Crippen LogP contribution is -2.11. The molecule has 0 atom stereocenters. The van der Waals surface area contributed by atoms with Crippen LogP contribution >= 0.6 is 0 Å². The second-order valence-electron chi connectivity index (χ2n) is 6.53. The summed E-state index contributed by atoms with van der Waals surface area (Å²) in [7, 11) is 0. The van der Waals surface area contributed by atoms with Crippen molar-refractivity contribution < 1.29 is 19.4 Å². The van der Waals surface area contributed by atoms with Crippen molar-refractivity contribution in [2.45, 2.75) is 39.5 Å². The number of phenols is 2. The zero-order valence-corrected chi connectivity index (χ0v) is 15.6. The number of fused-ring (bicyclic) bond motifs is 1. The second kappa shape index (κ2) is 8.16. The number of hydrogen-bond acceptors (Lipinski definition) is 5. The molecule has 1 heterocycles. The van der Waals surface area contributed by atoms with Crippen molar-refractivity contribution in [3.05, 3.63) is 52.2 Å². The van der Waals surface area contributed by atoms with Crippen molar-refractivity contribution in [1.29, 1.82) is 0 Å². The molecule has 0 unspecified atom stereocenters. The minimum atomic E-state index is -0.257. The van der Waals surface area contributed by atoms with Gasteiger partial charge in [0.15, 0.2) is 5.76 Å². The highest BCUT2D eigenvalue weighted by atomic mass is 16.5. The van der Waals surface area contributed by atoms with E-state index in [1.165, 1.54) is 18.2 Å². The number of benzene rings is 2. The molecule has 0 aliphatic carbocycles. The van der Waals surface area contributed by atoms with Gasteiger partial charge in [-0.2, -0.15) is 0 Å². The van der Waals surface area contributed by atoms with E-state index in [-0.39, 0.29) is 22.7 Å². The van der Waals surface area contributed by atoms with Crippen molar-refractivity contribution in [3.8, 4) is 28.6 Å². The van der Waals surface area contributed by atoms with Gasteiger partial charge in [0.25, 0.3) is 0 Å². The SMILES string of the molecule is CCCCOc1c(-c2ccc(O)cc2)oc2c(CCC)c(O)ccc2c1=O. The summed E-state index contributed by atoms with van der Waals surface area (Å²) in [6.45, 7) is 4.46. The quantitative estimate of drug-likeness (QED) is 0.574. The van der Waals surface area contributed by atoms with Crippen molar-refractivity contribution >= 4 is 11.0 Å². The molecule has 5 nitrogen and oxygen atoms in total. The normalized spacial score (nSPS) is 11.0. The summed E-state index contributed by atoms with van der Waals surface area (Å²) in [5, 5.41) is 20.2. The van der Waals surface area contributed by atoms with Gasteiger partial charge in [-0.15, -0.1) is 0 Å². The topological polar surface area (TPSA) is 79.9 Å². The number of phenolic OH excluding ortho intramolecular Hbond substituents is 2. The minimum absolute atomic E-state index is 0.115. The molecule has 0 aliphatic rings. The Hall–Kier alpha value is -2.95. The summed E-state index contributed by atoms with van der Waals surface area (Å²) < 4.78 is 11.9. The van der Waals surface area contributed by atoms with E-state index < -0.39 is 0 Å². The Balaban J connectivity index is 2.28. The molecular weight excluding hydrogens is 344 g/mol. The minimum Gasteiger partial charge on any atom is -0.508 e. The second-order valence-corrected chi connectivity index (χ2v) is 6.53. The highest BCUT2D eigenvalue weighted by Gasteiger charge is 2.20. The van der Waals surface area contributed by atoms with Crippen LogP contribution in [0.2, 0.25) is 0 Å².